The average Bonchev–Trinajstić information content (AvgIpc) is 2.37. The molecule has 5 heteroatoms. The van der Waals surface area contributed by atoms with Crippen LogP contribution >= 0.6 is 0 Å². The van der Waals surface area contributed by atoms with E-state index in [1.807, 2.05) is 4.90 Å². The van der Waals surface area contributed by atoms with Crippen molar-refractivity contribution in [1.82, 2.24) is 9.88 Å². The molecule has 1 aromatic rings. The lowest BCUT2D eigenvalue weighted by atomic mass is 10.0. The number of hydrogen-bond acceptors (Lipinski definition) is 3. The van der Waals surface area contributed by atoms with Crippen molar-refractivity contribution >= 4 is 17.4 Å². The topological polar surface area (TPSA) is 62.5 Å². The molecule has 1 aliphatic rings. The first-order valence-electron chi connectivity index (χ1n) is 6.31. The number of nitrogen functional groups attached to an aromatic ring is 1. The van der Waals surface area contributed by atoms with Crippen molar-refractivity contribution in [3.63, 3.8) is 0 Å². The SMILES string of the molecule is CC1CCCN(C(=O)N(C)c2ccncc2N)C1. The summed E-state index contributed by atoms with van der Waals surface area (Å²) in [6.07, 6.45) is 5.49. The van der Waals surface area contributed by atoms with E-state index in [0.717, 1.165) is 19.5 Å². The highest BCUT2D eigenvalue weighted by Gasteiger charge is 2.24. The zero-order chi connectivity index (χ0) is 13.1. The molecule has 1 aliphatic heterocycles. The van der Waals surface area contributed by atoms with Crippen molar-refractivity contribution in [3.05, 3.63) is 18.5 Å². The maximum atomic E-state index is 12.4. The van der Waals surface area contributed by atoms with Crippen molar-refractivity contribution in [2.24, 2.45) is 5.92 Å². The van der Waals surface area contributed by atoms with Gasteiger partial charge in [0.1, 0.15) is 0 Å². The molecular weight excluding hydrogens is 228 g/mol. The second-order valence-electron chi connectivity index (χ2n) is 4.97. The Morgan fingerprint density at radius 2 is 2.39 bits per heavy atom. The van der Waals surface area contributed by atoms with Crippen LogP contribution in [0.2, 0.25) is 0 Å². The minimum atomic E-state index is 0.0134. The number of nitrogens with zero attached hydrogens (tertiary/aromatic N) is 3. The lowest BCUT2D eigenvalue weighted by molar-refractivity contribution is 0.177. The van der Waals surface area contributed by atoms with E-state index in [1.165, 1.54) is 6.42 Å². The Bertz CT molecular complexity index is 435. The molecule has 1 fully saturated rings. The molecular formula is C13H20N4O. The first-order valence-corrected chi connectivity index (χ1v) is 6.31. The van der Waals surface area contributed by atoms with Crippen molar-refractivity contribution < 1.29 is 4.79 Å². The number of piperidine rings is 1. The molecule has 0 aromatic carbocycles. The Morgan fingerprint density at radius 1 is 1.61 bits per heavy atom. The van der Waals surface area contributed by atoms with Crippen LogP contribution < -0.4 is 10.6 Å². The minimum absolute atomic E-state index is 0.0134. The largest absolute Gasteiger partial charge is 0.396 e. The van der Waals surface area contributed by atoms with Crippen molar-refractivity contribution in [1.29, 1.82) is 0 Å². The summed E-state index contributed by atoms with van der Waals surface area (Å²) < 4.78 is 0. The molecule has 0 spiro atoms. The standard InChI is InChI=1S/C13H20N4O/c1-10-4-3-7-17(9-10)13(18)16(2)12-5-6-15-8-11(12)14/h5-6,8,10H,3-4,7,9,14H2,1-2H3. The van der Waals surface area contributed by atoms with E-state index in [4.69, 9.17) is 5.73 Å². The van der Waals surface area contributed by atoms with E-state index in [2.05, 4.69) is 11.9 Å². The maximum Gasteiger partial charge on any atom is 0.324 e. The number of anilines is 2. The van der Waals surface area contributed by atoms with Gasteiger partial charge in [-0.2, -0.15) is 0 Å². The first-order chi connectivity index (χ1) is 8.59. The van der Waals surface area contributed by atoms with Gasteiger partial charge in [0.2, 0.25) is 0 Å². The number of amides is 2. The van der Waals surface area contributed by atoms with Crippen molar-refractivity contribution in [3.8, 4) is 0 Å². The summed E-state index contributed by atoms with van der Waals surface area (Å²) in [6.45, 7) is 3.84. The van der Waals surface area contributed by atoms with E-state index in [9.17, 15) is 4.79 Å². The minimum Gasteiger partial charge on any atom is -0.396 e. The maximum absolute atomic E-state index is 12.4. The van der Waals surface area contributed by atoms with Crippen LogP contribution in [0.1, 0.15) is 19.8 Å². The van der Waals surface area contributed by atoms with Crippen LogP contribution in [0.4, 0.5) is 16.2 Å². The van der Waals surface area contributed by atoms with Crippen LogP contribution in [0.3, 0.4) is 0 Å². The molecule has 0 saturated carbocycles. The number of aromatic nitrogens is 1. The van der Waals surface area contributed by atoms with Crippen LogP contribution in [-0.2, 0) is 0 Å². The van der Waals surface area contributed by atoms with Crippen LogP contribution in [-0.4, -0.2) is 36.1 Å². The summed E-state index contributed by atoms with van der Waals surface area (Å²) in [5.74, 6) is 0.575. The number of urea groups is 1. The van der Waals surface area contributed by atoms with Crippen molar-refractivity contribution in [2.45, 2.75) is 19.8 Å². The zero-order valence-electron chi connectivity index (χ0n) is 11.0. The van der Waals surface area contributed by atoms with Gasteiger partial charge in [0, 0.05) is 26.3 Å². The molecule has 1 saturated heterocycles. The first kappa shape index (κ1) is 12.7. The smallest absolute Gasteiger partial charge is 0.324 e. The second-order valence-corrected chi connectivity index (χ2v) is 4.97. The summed E-state index contributed by atoms with van der Waals surface area (Å²) >= 11 is 0. The van der Waals surface area contributed by atoms with E-state index in [-0.39, 0.29) is 6.03 Å². The predicted molar refractivity (Wildman–Crippen MR) is 72.4 cm³/mol. The Labute approximate surface area is 108 Å². The van der Waals surface area contributed by atoms with Gasteiger partial charge in [0.15, 0.2) is 0 Å². The van der Waals surface area contributed by atoms with Gasteiger partial charge in [-0.15, -0.1) is 0 Å². The third kappa shape index (κ3) is 2.55. The summed E-state index contributed by atoms with van der Waals surface area (Å²) in [4.78, 5) is 19.8. The van der Waals surface area contributed by atoms with Gasteiger partial charge >= 0.3 is 6.03 Å². The van der Waals surface area contributed by atoms with Gasteiger partial charge in [-0.1, -0.05) is 6.92 Å². The molecule has 18 heavy (non-hydrogen) atoms. The van der Waals surface area contributed by atoms with Gasteiger partial charge in [-0.3, -0.25) is 9.88 Å². The fraction of sp³-hybridized carbons (Fsp3) is 0.538. The highest BCUT2D eigenvalue weighted by Crippen LogP contribution is 2.23. The molecule has 0 bridgehead atoms. The summed E-state index contributed by atoms with van der Waals surface area (Å²) in [5, 5.41) is 0. The third-order valence-electron chi connectivity index (χ3n) is 3.40. The molecule has 2 N–H and O–H groups in total. The number of carbonyl (C=O) groups is 1. The lowest BCUT2D eigenvalue weighted by Gasteiger charge is -2.34. The number of carbonyl (C=O) groups excluding carboxylic acids is 1. The van der Waals surface area contributed by atoms with Gasteiger partial charge in [0.25, 0.3) is 0 Å². The van der Waals surface area contributed by atoms with Gasteiger partial charge in [-0.05, 0) is 24.8 Å². The van der Waals surface area contributed by atoms with E-state index < -0.39 is 0 Å². The number of pyridine rings is 1. The van der Waals surface area contributed by atoms with Gasteiger partial charge < -0.3 is 10.6 Å². The number of rotatable bonds is 1. The Morgan fingerprint density at radius 3 is 3.06 bits per heavy atom. The van der Waals surface area contributed by atoms with Crippen LogP contribution in [0, 0.1) is 5.92 Å². The van der Waals surface area contributed by atoms with E-state index >= 15 is 0 Å². The molecule has 1 aromatic heterocycles. The van der Waals surface area contributed by atoms with Gasteiger partial charge in [0.05, 0.1) is 17.6 Å². The molecule has 5 nitrogen and oxygen atoms in total. The fourth-order valence-corrected chi connectivity index (χ4v) is 2.38. The average molecular weight is 248 g/mol. The molecule has 0 radical (unpaired) electrons. The monoisotopic (exact) mass is 248 g/mol. The van der Waals surface area contributed by atoms with Crippen molar-refractivity contribution in [2.75, 3.05) is 30.8 Å². The summed E-state index contributed by atoms with van der Waals surface area (Å²) in [5.41, 5.74) is 7.08. The lowest BCUT2D eigenvalue weighted by Crippen LogP contribution is -2.46. The quantitative estimate of drug-likeness (QED) is 0.826. The number of nitrogens with two attached hydrogens (primary N) is 1. The van der Waals surface area contributed by atoms with E-state index in [1.54, 1.807) is 30.4 Å². The Hall–Kier alpha value is -1.78. The normalized spacial score (nSPS) is 19.7. The molecule has 1 atom stereocenters. The molecule has 2 rings (SSSR count). The highest BCUT2D eigenvalue weighted by molar-refractivity contribution is 5.94. The third-order valence-corrected chi connectivity index (χ3v) is 3.40. The Balaban J connectivity index is 2.11. The van der Waals surface area contributed by atoms with E-state index in [0.29, 0.717) is 17.3 Å². The number of likely N-dealkylation sites (tertiary alicyclic amines) is 1. The number of hydrogen-bond donors (Lipinski definition) is 1. The molecule has 1 unspecified atom stereocenters. The molecule has 0 aliphatic carbocycles. The zero-order valence-corrected chi connectivity index (χ0v) is 11.0. The molecule has 2 amide bonds. The van der Waals surface area contributed by atoms with Crippen LogP contribution in [0.25, 0.3) is 0 Å². The van der Waals surface area contributed by atoms with Gasteiger partial charge in [-0.25, -0.2) is 4.79 Å². The summed E-state index contributed by atoms with van der Waals surface area (Å²) in [7, 11) is 1.76. The van der Waals surface area contributed by atoms with Crippen LogP contribution in [0.15, 0.2) is 18.5 Å². The molecule has 2 heterocycles. The highest BCUT2D eigenvalue weighted by atomic mass is 16.2. The Kier molecular flexibility index (Phi) is 3.69. The van der Waals surface area contributed by atoms with Crippen LogP contribution in [0.5, 0.6) is 0 Å². The molecule has 98 valence electrons. The fourth-order valence-electron chi connectivity index (χ4n) is 2.38. The second kappa shape index (κ2) is 5.25. The predicted octanol–water partition coefficient (Wildman–Crippen LogP) is 1.95. The summed E-state index contributed by atoms with van der Waals surface area (Å²) in [6, 6.07) is 1.78.